The Bertz CT molecular complexity index is 1050. The highest BCUT2D eigenvalue weighted by Crippen LogP contribution is 2.29. The Morgan fingerprint density at radius 3 is 2.30 bits per heavy atom. The van der Waals surface area contributed by atoms with E-state index in [2.05, 4.69) is 11.4 Å². The third-order valence-corrected chi connectivity index (χ3v) is 4.72. The van der Waals surface area contributed by atoms with Crippen molar-refractivity contribution in [1.82, 2.24) is 15.1 Å². The van der Waals surface area contributed by atoms with Crippen LogP contribution in [0.2, 0.25) is 0 Å². The summed E-state index contributed by atoms with van der Waals surface area (Å²) >= 11 is 0. The maximum absolute atomic E-state index is 12.7. The summed E-state index contributed by atoms with van der Waals surface area (Å²) in [6, 6.07) is 27.6. The number of carbonyl (C=O) groups is 1. The summed E-state index contributed by atoms with van der Waals surface area (Å²) in [5.74, 6) is -0.0493. The van der Waals surface area contributed by atoms with Crippen molar-refractivity contribution in [2.45, 2.75) is 19.5 Å². The number of nitrogens with zero attached hydrogens (tertiary/aromatic N) is 2. The molecule has 3 aromatic carbocycles. The topological polar surface area (TPSA) is 46.9 Å². The van der Waals surface area contributed by atoms with Gasteiger partial charge in [-0.3, -0.25) is 9.48 Å². The molecule has 4 heteroatoms. The minimum Gasteiger partial charge on any atom is -0.350 e. The molecular formula is C23H21N3O. The van der Waals surface area contributed by atoms with Gasteiger partial charge in [0.05, 0.1) is 5.52 Å². The average molecular weight is 355 g/mol. The number of amides is 1. The van der Waals surface area contributed by atoms with Crippen molar-refractivity contribution >= 4 is 16.8 Å². The standard InChI is InChI=1S/C23H21N3O/c1-17(23(27)24-16-18-10-4-2-5-11-18)26-21-15-9-8-14-20(21)22(25-26)19-12-6-3-7-13-19/h2-15,17H,16H2,1H3,(H,24,27). The van der Waals surface area contributed by atoms with Crippen molar-refractivity contribution < 1.29 is 4.79 Å². The van der Waals surface area contributed by atoms with Gasteiger partial charge in [-0.05, 0) is 18.6 Å². The predicted molar refractivity (Wildman–Crippen MR) is 108 cm³/mol. The Morgan fingerprint density at radius 1 is 0.926 bits per heavy atom. The van der Waals surface area contributed by atoms with E-state index in [0.717, 1.165) is 27.7 Å². The van der Waals surface area contributed by atoms with E-state index in [1.807, 2.05) is 90.5 Å². The van der Waals surface area contributed by atoms with Gasteiger partial charge in [-0.15, -0.1) is 0 Å². The van der Waals surface area contributed by atoms with Crippen LogP contribution in [0.15, 0.2) is 84.9 Å². The molecule has 1 atom stereocenters. The lowest BCUT2D eigenvalue weighted by Gasteiger charge is -2.14. The number of hydrogen-bond acceptors (Lipinski definition) is 2. The van der Waals surface area contributed by atoms with Crippen LogP contribution >= 0.6 is 0 Å². The molecule has 4 rings (SSSR count). The predicted octanol–water partition coefficient (Wildman–Crippen LogP) is 4.58. The quantitative estimate of drug-likeness (QED) is 0.569. The smallest absolute Gasteiger partial charge is 0.244 e. The second-order valence-corrected chi connectivity index (χ2v) is 6.56. The molecule has 1 N–H and O–H groups in total. The van der Waals surface area contributed by atoms with Gasteiger partial charge >= 0.3 is 0 Å². The number of fused-ring (bicyclic) bond motifs is 1. The molecule has 0 radical (unpaired) electrons. The first-order chi connectivity index (χ1) is 13.2. The first-order valence-electron chi connectivity index (χ1n) is 9.08. The fourth-order valence-electron chi connectivity index (χ4n) is 3.24. The van der Waals surface area contributed by atoms with Gasteiger partial charge in [0.25, 0.3) is 0 Å². The van der Waals surface area contributed by atoms with E-state index in [0.29, 0.717) is 6.54 Å². The zero-order valence-electron chi connectivity index (χ0n) is 15.2. The van der Waals surface area contributed by atoms with E-state index in [9.17, 15) is 4.79 Å². The minimum atomic E-state index is -0.406. The molecule has 1 heterocycles. The van der Waals surface area contributed by atoms with E-state index in [1.54, 1.807) is 0 Å². The molecule has 4 nitrogen and oxygen atoms in total. The first kappa shape index (κ1) is 17.0. The number of benzene rings is 3. The van der Waals surface area contributed by atoms with Gasteiger partial charge < -0.3 is 5.32 Å². The Kier molecular flexibility index (Phi) is 4.71. The van der Waals surface area contributed by atoms with Crippen molar-refractivity contribution in [2.75, 3.05) is 0 Å². The zero-order chi connectivity index (χ0) is 18.6. The van der Waals surface area contributed by atoms with Gasteiger partial charge in [-0.2, -0.15) is 5.10 Å². The molecule has 0 aliphatic heterocycles. The lowest BCUT2D eigenvalue weighted by atomic mass is 10.1. The summed E-state index contributed by atoms with van der Waals surface area (Å²) in [5, 5.41) is 8.85. The summed E-state index contributed by atoms with van der Waals surface area (Å²) in [6.07, 6.45) is 0. The number of para-hydroxylation sites is 1. The van der Waals surface area contributed by atoms with Crippen LogP contribution in [0.3, 0.4) is 0 Å². The third kappa shape index (κ3) is 3.47. The maximum atomic E-state index is 12.7. The number of aromatic nitrogens is 2. The normalized spacial score (nSPS) is 12.0. The molecular weight excluding hydrogens is 334 g/mol. The largest absolute Gasteiger partial charge is 0.350 e. The third-order valence-electron chi connectivity index (χ3n) is 4.72. The van der Waals surface area contributed by atoms with Crippen LogP contribution in [-0.2, 0) is 11.3 Å². The summed E-state index contributed by atoms with van der Waals surface area (Å²) in [6.45, 7) is 2.39. The van der Waals surface area contributed by atoms with E-state index in [4.69, 9.17) is 5.10 Å². The molecule has 134 valence electrons. The zero-order valence-corrected chi connectivity index (χ0v) is 15.2. The molecule has 1 unspecified atom stereocenters. The average Bonchev–Trinajstić information content (AvgIpc) is 3.12. The van der Waals surface area contributed by atoms with Gasteiger partial charge in [-0.1, -0.05) is 78.9 Å². The number of carbonyl (C=O) groups excluding carboxylic acids is 1. The maximum Gasteiger partial charge on any atom is 0.244 e. The fourth-order valence-corrected chi connectivity index (χ4v) is 3.24. The number of nitrogens with one attached hydrogen (secondary N) is 1. The van der Waals surface area contributed by atoms with E-state index in [-0.39, 0.29) is 5.91 Å². The SMILES string of the molecule is CC(C(=O)NCc1ccccc1)n1nc(-c2ccccc2)c2ccccc21. The molecule has 1 aromatic heterocycles. The van der Waals surface area contributed by atoms with Gasteiger partial charge in [0, 0.05) is 17.5 Å². The highest BCUT2D eigenvalue weighted by atomic mass is 16.2. The first-order valence-corrected chi connectivity index (χ1v) is 9.08. The van der Waals surface area contributed by atoms with Crippen LogP contribution in [0.5, 0.6) is 0 Å². The summed E-state index contributed by atoms with van der Waals surface area (Å²) in [7, 11) is 0. The monoisotopic (exact) mass is 355 g/mol. The molecule has 4 aromatic rings. The molecule has 0 fully saturated rings. The Balaban J connectivity index is 1.64. The lowest BCUT2D eigenvalue weighted by Crippen LogP contribution is -2.31. The molecule has 0 aliphatic rings. The van der Waals surface area contributed by atoms with Crippen molar-refractivity contribution in [3.63, 3.8) is 0 Å². The molecule has 0 bridgehead atoms. The highest BCUT2D eigenvalue weighted by molar-refractivity contribution is 5.94. The minimum absolute atomic E-state index is 0.0493. The Labute approximate surface area is 158 Å². The van der Waals surface area contributed by atoms with Crippen molar-refractivity contribution in [1.29, 1.82) is 0 Å². The Morgan fingerprint density at radius 2 is 1.56 bits per heavy atom. The summed E-state index contributed by atoms with van der Waals surface area (Å²) in [4.78, 5) is 12.7. The fraction of sp³-hybridized carbons (Fsp3) is 0.130. The van der Waals surface area contributed by atoms with Crippen LogP contribution < -0.4 is 5.32 Å². The molecule has 0 aliphatic carbocycles. The number of rotatable bonds is 5. The summed E-state index contributed by atoms with van der Waals surface area (Å²) < 4.78 is 1.82. The Hall–Kier alpha value is -3.40. The highest BCUT2D eigenvalue weighted by Gasteiger charge is 2.20. The van der Waals surface area contributed by atoms with Crippen LogP contribution in [0.25, 0.3) is 22.2 Å². The van der Waals surface area contributed by atoms with Gasteiger partial charge in [0.2, 0.25) is 5.91 Å². The number of hydrogen-bond donors (Lipinski definition) is 1. The molecule has 0 spiro atoms. The summed E-state index contributed by atoms with van der Waals surface area (Å²) in [5.41, 5.74) is 3.98. The molecule has 0 saturated heterocycles. The van der Waals surface area contributed by atoms with E-state index >= 15 is 0 Å². The van der Waals surface area contributed by atoms with Crippen molar-refractivity contribution in [3.8, 4) is 11.3 Å². The molecule has 0 saturated carbocycles. The van der Waals surface area contributed by atoms with Gasteiger partial charge in [0.15, 0.2) is 0 Å². The van der Waals surface area contributed by atoms with Crippen LogP contribution in [0.1, 0.15) is 18.5 Å². The lowest BCUT2D eigenvalue weighted by molar-refractivity contribution is -0.124. The van der Waals surface area contributed by atoms with E-state index < -0.39 is 6.04 Å². The van der Waals surface area contributed by atoms with E-state index in [1.165, 1.54) is 0 Å². The van der Waals surface area contributed by atoms with Crippen LogP contribution in [0.4, 0.5) is 0 Å². The van der Waals surface area contributed by atoms with Gasteiger partial charge in [0.1, 0.15) is 11.7 Å². The van der Waals surface area contributed by atoms with Crippen molar-refractivity contribution in [3.05, 3.63) is 90.5 Å². The van der Waals surface area contributed by atoms with Crippen molar-refractivity contribution in [2.24, 2.45) is 0 Å². The second-order valence-electron chi connectivity index (χ2n) is 6.56. The molecule has 1 amide bonds. The van der Waals surface area contributed by atoms with Crippen LogP contribution in [0, 0.1) is 0 Å². The second kappa shape index (κ2) is 7.46. The molecule has 27 heavy (non-hydrogen) atoms. The van der Waals surface area contributed by atoms with Gasteiger partial charge in [-0.25, -0.2) is 0 Å². The van der Waals surface area contributed by atoms with Crippen LogP contribution in [-0.4, -0.2) is 15.7 Å².